The molecule has 33 heavy (non-hydrogen) atoms. The van der Waals surface area contributed by atoms with Crippen molar-refractivity contribution in [3.63, 3.8) is 0 Å². The Kier molecular flexibility index (Phi) is 8.31. The summed E-state index contributed by atoms with van der Waals surface area (Å²) in [4.78, 5) is 33.6. The number of aromatic nitrogens is 1. The Bertz CT molecular complexity index is 1010. The van der Waals surface area contributed by atoms with Gasteiger partial charge in [0.05, 0.1) is 11.4 Å². The van der Waals surface area contributed by atoms with Crippen molar-refractivity contribution in [2.24, 2.45) is 0 Å². The van der Waals surface area contributed by atoms with Crippen LogP contribution in [0.3, 0.4) is 0 Å². The molecule has 1 aromatic carbocycles. The highest BCUT2D eigenvalue weighted by Gasteiger charge is 2.15. The molecule has 6 heteroatoms. The van der Waals surface area contributed by atoms with Gasteiger partial charge in [-0.05, 0) is 63.7 Å². The van der Waals surface area contributed by atoms with Crippen LogP contribution in [0.4, 0.5) is 0 Å². The fraction of sp³-hybridized carbons (Fsp3) is 0.370. The summed E-state index contributed by atoms with van der Waals surface area (Å²) in [6.07, 6.45) is 6.17. The van der Waals surface area contributed by atoms with E-state index in [4.69, 9.17) is 4.74 Å². The monoisotopic (exact) mass is 447 g/mol. The van der Waals surface area contributed by atoms with Crippen molar-refractivity contribution in [1.82, 2.24) is 14.8 Å². The molecular weight excluding hydrogens is 414 g/mol. The Morgan fingerprint density at radius 3 is 2.15 bits per heavy atom. The second kappa shape index (κ2) is 11.2. The predicted molar refractivity (Wildman–Crippen MR) is 132 cm³/mol. The summed E-state index contributed by atoms with van der Waals surface area (Å²) in [5.41, 5.74) is 2.58. The highest BCUT2D eigenvalue weighted by atomic mass is 16.6. The molecule has 0 atom stereocenters. The number of ether oxygens (including phenoxy) is 1. The lowest BCUT2D eigenvalue weighted by molar-refractivity contribution is -0.148. The number of allylic oxidation sites excluding steroid dienone is 1. The lowest BCUT2D eigenvalue weighted by atomic mass is 10.1. The van der Waals surface area contributed by atoms with Gasteiger partial charge < -0.3 is 9.64 Å². The van der Waals surface area contributed by atoms with Crippen LogP contribution >= 0.6 is 0 Å². The van der Waals surface area contributed by atoms with Gasteiger partial charge in [0, 0.05) is 44.4 Å². The first kappa shape index (κ1) is 24.6. The van der Waals surface area contributed by atoms with Gasteiger partial charge in [0.1, 0.15) is 5.60 Å². The first-order valence-corrected chi connectivity index (χ1v) is 11.3. The minimum absolute atomic E-state index is 0.0716. The van der Waals surface area contributed by atoms with Crippen LogP contribution in [0, 0.1) is 0 Å². The number of carbonyl (C=O) groups excluding carboxylic acids is 2. The SMILES string of the molecule is CN1CCN(Cc2ccc(C(=O)/C=C/c3cccc(/C=C/C(=O)OC(C)(C)C)n3)cc2)CC1. The van der Waals surface area contributed by atoms with Crippen molar-refractivity contribution in [3.8, 4) is 0 Å². The van der Waals surface area contributed by atoms with Crippen molar-refractivity contribution in [1.29, 1.82) is 0 Å². The van der Waals surface area contributed by atoms with E-state index in [1.807, 2.05) is 57.2 Å². The summed E-state index contributed by atoms with van der Waals surface area (Å²) in [5, 5.41) is 0. The van der Waals surface area contributed by atoms with E-state index in [2.05, 4.69) is 21.8 Å². The van der Waals surface area contributed by atoms with Crippen LogP contribution < -0.4 is 0 Å². The number of hydrogen-bond donors (Lipinski definition) is 0. The van der Waals surface area contributed by atoms with E-state index >= 15 is 0 Å². The van der Waals surface area contributed by atoms with E-state index in [9.17, 15) is 9.59 Å². The molecule has 1 aliphatic heterocycles. The number of carbonyl (C=O) groups is 2. The normalized spacial score (nSPS) is 15.9. The molecule has 0 bridgehead atoms. The number of nitrogens with zero attached hydrogens (tertiary/aromatic N) is 3. The third-order valence-electron chi connectivity index (χ3n) is 5.24. The Morgan fingerprint density at radius 1 is 0.939 bits per heavy atom. The first-order valence-electron chi connectivity index (χ1n) is 11.3. The smallest absolute Gasteiger partial charge is 0.331 e. The van der Waals surface area contributed by atoms with Gasteiger partial charge in [-0.2, -0.15) is 0 Å². The van der Waals surface area contributed by atoms with Crippen molar-refractivity contribution >= 4 is 23.9 Å². The zero-order valence-electron chi connectivity index (χ0n) is 20.0. The molecule has 1 saturated heterocycles. The van der Waals surface area contributed by atoms with E-state index in [0.717, 1.165) is 32.7 Å². The van der Waals surface area contributed by atoms with Crippen molar-refractivity contribution < 1.29 is 14.3 Å². The molecule has 2 heterocycles. The first-order chi connectivity index (χ1) is 15.7. The molecule has 2 aromatic rings. The molecule has 0 spiro atoms. The van der Waals surface area contributed by atoms with Crippen LogP contribution in [0.5, 0.6) is 0 Å². The summed E-state index contributed by atoms with van der Waals surface area (Å²) < 4.78 is 5.26. The molecule has 1 aliphatic rings. The van der Waals surface area contributed by atoms with Gasteiger partial charge in [0.2, 0.25) is 0 Å². The number of esters is 1. The van der Waals surface area contributed by atoms with Gasteiger partial charge in [-0.1, -0.05) is 30.3 Å². The van der Waals surface area contributed by atoms with Crippen LogP contribution in [0.15, 0.2) is 54.6 Å². The number of piperazine rings is 1. The number of likely N-dealkylation sites (N-methyl/N-ethyl adjacent to an activating group) is 1. The number of hydrogen-bond acceptors (Lipinski definition) is 6. The number of ketones is 1. The molecule has 6 nitrogen and oxygen atoms in total. The van der Waals surface area contributed by atoms with Gasteiger partial charge in [0.15, 0.2) is 5.78 Å². The molecular formula is C27H33N3O3. The molecule has 3 rings (SSSR count). The maximum atomic E-state index is 12.6. The minimum atomic E-state index is -0.539. The van der Waals surface area contributed by atoms with Crippen molar-refractivity contribution in [2.75, 3.05) is 33.2 Å². The standard InChI is InChI=1S/C27H33N3O3/c1-27(2,3)33-26(32)15-13-24-7-5-6-23(28-24)12-14-25(31)22-10-8-21(9-11-22)20-30-18-16-29(4)17-19-30/h5-15H,16-20H2,1-4H3/b14-12+,15-13+. The van der Waals surface area contributed by atoms with E-state index in [-0.39, 0.29) is 5.78 Å². The number of pyridine rings is 1. The predicted octanol–water partition coefficient (Wildman–Crippen LogP) is 4.08. The topological polar surface area (TPSA) is 62.7 Å². The second-order valence-corrected chi connectivity index (χ2v) is 9.33. The highest BCUT2D eigenvalue weighted by Crippen LogP contribution is 2.12. The van der Waals surface area contributed by atoms with Crippen molar-refractivity contribution in [3.05, 3.63) is 77.1 Å². The largest absolute Gasteiger partial charge is 0.457 e. The zero-order valence-corrected chi connectivity index (χ0v) is 20.0. The van der Waals surface area contributed by atoms with Crippen LogP contribution in [0.2, 0.25) is 0 Å². The Balaban J connectivity index is 1.56. The van der Waals surface area contributed by atoms with Gasteiger partial charge in [-0.15, -0.1) is 0 Å². The van der Waals surface area contributed by atoms with Gasteiger partial charge in [-0.3, -0.25) is 9.69 Å². The maximum absolute atomic E-state index is 12.6. The molecule has 1 fully saturated rings. The average Bonchev–Trinajstić information content (AvgIpc) is 2.77. The van der Waals surface area contributed by atoms with E-state index < -0.39 is 11.6 Å². The second-order valence-electron chi connectivity index (χ2n) is 9.33. The van der Waals surface area contributed by atoms with Gasteiger partial charge in [-0.25, -0.2) is 9.78 Å². The van der Waals surface area contributed by atoms with Gasteiger partial charge >= 0.3 is 5.97 Å². The lowest BCUT2D eigenvalue weighted by Crippen LogP contribution is -2.43. The molecule has 0 N–H and O–H groups in total. The molecule has 0 amide bonds. The Morgan fingerprint density at radius 2 is 1.55 bits per heavy atom. The third kappa shape index (κ3) is 8.40. The van der Waals surface area contributed by atoms with Crippen LogP contribution in [0.25, 0.3) is 12.2 Å². The molecule has 0 saturated carbocycles. The fourth-order valence-electron chi connectivity index (χ4n) is 3.44. The van der Waals surface area contributed by atoms with E-state index in [0.29, 0.717) is 17.0 Å². The van der Waals surface area contributed by atoms with E-state index in [1.54, 1.807) is 18.2 Å². The highest BCUT2D eigenvalue weighted by molar-refractivity contribution is 6.06. The number of benzene rings is 1. The number of rotatable bonds is 7. The zero-order chi connectivity index (χ0) is 23.8. The van der Waals surface area contributed by atoms with Gasteiger partial charge in [0.25, 0.3) is 0 Å². The molecule has 0 radical (unpaired) electrons. The molecule has 0 aliphatic carbocycles. The maximum Gasteiger partial charge on any atom is 0.331 e. The quantitative estimate of drug-likeness (QED) is 0.362. The summed E-state index contributed by atoms with van der Waals surface area (Å²) in [7, 11) is 2.15. The average molecular weight is 448 g/mol. The summed E-state index contributed by atoms with van der Waals surface area (Å²) in [5.74, 6) is -0.492. The molecule has 1 aromatic heterocycles. The summed E-state index contributed by atoms with van der Waals surface area (Å²) in [6.45, 7) is 10.7. The van der Waals surface area contributed by atoms with Crippen molar-refractivity contribution in [2.45, 2.75) is 32.9 Å². The molecule has 174 valence electrons. The lowest BCUT2D eigenvalue weighted by Gasteiger charge is -2.32. The Hall–Kier alpha value is -3.09. The summed E-state index contributed by atoms with van der Waals surface area (Å²) in [6, 6.07) is 13.3. The summed E-state index contributed by atoms with van der Waals surface area (Å²) >= 11 is 0. The minimum Gasteiger partial charge on any atom is -0.457 e. The Labute approximate surface area is 196 Å². The van der Waals surface area contributed by atoms with E-state index in [1.165, 1.54) is 17.7 Å². The molecule has 0 unspecified atom stereocenters. The van der Waals surface area contributed by atoms with Crippen LogP contribution in [-0.2, 0) is 16.1 Å². The van der Waals surface area contributed by atoms with Crippen LogP contribution in [0.1, 0.15) is 48.1 Å². The third-order valence-corrected chi connectivity index (χ3v) is 5.24. The fourth-order valence-corrected chi connectivity index (χ4v) is 3.44. The van der Waals surface area contributed by atoms with Crippen LogP contribution in [-0.4, -0.2) is 65.4 Å².